The molecule has 0 aromatic rings. The monoisotopic (exact) mass is 159 g/mol. The van der Waals surface area contributed by atoms with Gasteiger partial charge in [-0.25, -0.2) is 10.2 Å². The first-order valence-electron chi connectivity index (χ1n) is 3.53. The van der Waals surface area contributed by atoms with Crippen molar-refractivity contribution in [2.75, 3.05) is 0 Å². The minimum atomic E-state index is 0.730. The van der Waals surface area contributed by atoms with Gasteiger partial charge in [-0.2, -0.15) is 12.6 Å². The number of rotatable bonds is 0. The van der Waals surface area contributed by atoms with E-state index in [1.807, 2.05) is 0 Å². The second-order valence-corrected chi connectivity index (χ2v) is 3.12. The Hall–Kier alpha value is -0.270. The summed E-state index contributed by atoms with van der Waals surface area (Å²) in [5, 5.41) is 6.13. The third kappa shape index (κ3) is 5.86. The standard InChI is InChI=1S/C6H12S.CHNO/c7-6-4-2-1-3-5-6;2-1-3/h6-7H,1-5H2;2H. The molecule has 1 fully saturated rings. The molecule has 0 amide bonds. The molecule has 10 heavy (non-hydrogen) atoms. The van der Waals surface area contributed by atoms with E-state index >= 15 is 0 Å². The van der Waals surface area contributed by atoms with Crippen molar-refractivity contribution in [3.05, 3.63) is 0 Å². The Morgan fingerprint density at radius 1 is 1.30 bits per heavy atom. The zero-order valence-corrected chi connectivity index (χ0v) is 6.86. The van der Waals surface area contributed by atoms with Crippen LogP contribution in [0.1, 0.15) is 32.1 Å². The molecule has 0 saturated heterocycles. The summed E-state index contributed by atoms with van der Waals surface area (Å²) in [4.78, 5) is 8.35. The molecule has 0 aromatic heterocycles. The summed E-state index contributed by atoms with van der Waals surface area (Å²) in [6, 6.07) is 0. The molecular weight excluding hydrogens is 146 g/mol. The molecule has 0 aliphatic heterocycles. The van der Waals surface area contributed by atoms with Gasteiger partial charge in [0.15, 0.2) is 0 Å². The van der Waals surface area contributed by atoms with Crippen LogP contribution in [0, 0.1) is 5.41 Å². The first-order valence-corrected chi connectivity index (χ1v) is 4.05. The van der Waals surface area contributed by atoms with Crippen molar-refractivity contribution in [1.29, 1.82) is 5.41 Å². The molecule has 2 nitrogen and oxygen atoms in total. The Labute approximate surface area is 66.9 Å². The van der Waals surface area contributed by atoms with Gasteiger partial charge in [0.25, 0.3) is 0 Å². The number of hydrogen-bond acceptors (Lipinski definition) is 3. The lowest BCUT2D eigenvalue weighted by Crippen LogP contribution is -2.03. The van der Waals surface area contributed by atoms with E-state index in [1.165, 1.54) is 32.1 Å². The smallest absolute Gasteiger partial charge is 0.222 e. The predicted octanol–water partition coefficient (Wildman–Crippen LogP) is 2.15. The van der Waals surface area contributed by atoms with Gasteiger partial charge in [0.2, 0.25) is 6.08 Å². The third-order valence-electron chi connectivity index (χ3n) is 1.57. The molecule has 3 heteroatoms. The van der Waals surface area contributed by atoms with Gasteiger partial charge in [-0.1, -0.05) is 19.3 Å². The lowest BCUT2D eigenvalue weighted by atomic mass is 10.0. The van der Waals surface area contributed by atoms with E-state index in [0.717, 1.165) is 11.3 Å². The number of thiol groups is 1. The highest BCUT2D eigenvalue weighted by Gasteiger charge is 2.06. The van der Waals surface area contributed by atoms with Crippen molar-refractivity contribution < 1.29 is 4.79 Å². The number of nitrogens with one attached hydrogen (secondary N) is 1. The van der Waals surface area contributed by atoms with Crippen LogP contribution >= 0.6 is 12.6 Å². The third-order valence-corrected chi connectivity index (χ3v) is 2.09. The van der Waals surface area contributed by atoms with Gasteiger partial charge in [-0.3, -0.25) is 0 Å². The van der Waals surface area contributed by atoms with Crippen LogP contribution < -0.4 is 0 Å². The second-order valence-electron chi connectivity index (χ2n) is 2.39. The minimum absolute atomic E-state index is 0.730. The molecule has 0 aromatic carbocycles. The van der Waals surface area contributed by atoms with Gasteiger partial charge in [0.1, 0.15) is 0 Å². The Kier molecular flexibility index (Phi) is 6.66. The summed E-state index contributed by atoms with van der Waals surface area (Å²) in [6.07, 6.45) is 7.71. The topological polar surface area (TPSA) is 40.9 Å². The van der Waals surface area contributed by atoms with Crippen molar-refractivity contribution in [3.63, 3.8) is 0 Å². The molecule has 1 aliphatic carbocycles. The maximum Gasteiger partial charge on any atom is 0.231 e. The van der Waals surface area contributed by atoms with Gasteiger partial charge < -0.3 is 0 Å². The average molecular weight is 159 g/mol. The molecule has 1 aliphatic rings. The zero-order valence-electron chi connectivity index (χ0n) is 5.97. The van der Waals surface area contributed by atoms with E-state index in [2.05, 4.69) is 12.6 Å². The first-order chi connectivity index (χ1) is 4.81. The van der Waals surface area contributed by atoms with Gasteiger partial charge in [-0.05, 0) is 12.8 Å². The van der Waals surface area contributed by atoms with Crippen LogP contribution in [0.25, 0.3) is 0 Å². The van der Waals surface area contributed by atoms with Crippen LogP contribution in [0.15, 0.2) is 0 Å². The first kappa shape index (κ1) is 9.73. The van der Waals surface area contributed by atoms with E-state index in [4.69, 9.17) is 10.2 Å². The fourth-order valence-electron chi connectivity index (χ4n) is 1.08. The molecule has 58 valence electrons. The molecule has 0 bridgehead atoms. The van der Waals surface area contributed by atoms with Gasteiger partial charge >= 0.3 is 0 Å². The van der Waals surface area contributed by atoms with Crippen molar-refractivity contribution in [2.45, 2.75) is 37.4 Å². The lowest BCUT2D eigenvalue weighted by Gasteiger charge is -2.14. The van der Waals surface area contributed by atoms with Crippen molar-refractivity contribution in [2.24, 2.45) is 0 Å². The Morgan fingerprint density at radius 2 is 1.70 bits per heavy atom. The highest BCUT2D eigenvalue weighted by Crippen LogP contribution is 2.20. The van der Waals surface area contributed by atoms with E-state index in [9.17, 15) is 0 Å². The Morgan fingerprint density at radius 3 is 1.90 bits per heavy atom. The number of hydrogen-bond donors (Lipinski definition) is 2. The van der Waals surface area contributed by atoms with Crippen molar-refractivity contribution >= 4 is 18.7 Å². The molecule has 0 heterocycles. The molecule has 0 spiro atoms. The van der Waals surface area contributed by atoms with Crippen LogP contribution in [0.4, 0.5) is 0 Å². The average Bonchev–Trinajstić information content (AvgIpc) is 1.91. The van der Waals surface area contributed by atoms with E-state index in [1.54, 1.807) is 0 Å². The summed E-state index contributed by atoms with van der Waals surface area (Å²) in [5.74, 6) is 0. The summed E-state index contributed by atoms with van der Waals surface area (Å²) in [5.41, 5.74) is 0. The van der Waals surface area contributed by atoms with Crippen LogP contribution in [-0.2, 0) is 4.79 Å². The summed E-state index contributed by atoms with van der Waals surface area (Å²) in [6.45, 7) is 0. The SMILES string of the molecule is N=C=O.SC1CCCCC1. The molecule has 0 atom stereocenters. The maximum atomic E-state index is 8.35. The van der Waals surface area contributed by atoms with Crippen molar-refractivity contribution in [3.8, 4) is 0 Å². The van der Waals surface area contributed by atoms with Crippen molar-refractivity contribution in [1.82, 2.24) is 0 Å². The van der Waals surface area contributed by atoms with E-state index < -0.39 is 0 Å². The molecule has 0 unspecified atom stereocenters. The number of carbonyl (C=O) groups excluding carboxylic acids is 1. The number of isocyanates is 1. The predicted molar refractivity (Wildman–Crippen MR) is 44.3 cm³/mol. The highest BCUT2D eigenvalue weighted by molar-refractivity contribution is 7.80. The zero-order chi connectivity index (χ0) is 7.82. The molecule has 1 saturated carbocycles. The summed E-state index contributed by atoms with van der Waals surface area (Å²) >= 11 is 4.36. The van der Waals surface area contributed by atoms with Gasteiger partial charge in [0.05, 0.1) is 0 Å². The molecule has 1 rings (SSSR count). The van der Waals surface area contributed by atoms with Crippen LogP contribution in [0.5, 0.6) is 0 Å². The fourth-order valence-corrected chi connectivity index (χ4v) is 1.45. The normalized spacial score (nSPS) is 18.5. The summed E-state index contributed by atoms with van der Waals surface area (Å²) < 4.78 is 0. The Balaban J connectivity index is 0.000000236. The van der Waals surface area contributed by atoms with Gasteiger partial charge in [-0.15, -0.1) is 0 Å². The fraction of sp³-hybridized carbons (Fsp3) is 0.857. The van der Waals surface area contributed by atoms with Gasteiger partial charge in [0, 0.05) is 5.25 Å². The minimum Gasteiger partial charge on any atom is -0.222 e. The van der Waals surface area contributed by atoms with Crippen LogP contribution in [0.2, 0.25) is 0 Å². The quantitative estimate of drug-likeness (QED) is 0.317. The van der Waals surface area contributed by atoms with E-state index in [0.29, 0.717) is 0 Å². The molecular formula is C7H13NOS. The summed E-state index contributed by atoms with van der Waals surface area (Å²) in [7, 11) is 0. The van der Waals surface area contributed by atoms with Crippen LogP contribution in [0.3, 0.4) is 0 Å². The second kappa shape index (κ2) is 6.84. The molecule has 1 N–H and O–H groups in total. The maximum absolute atomic E-state index is 8.35. The molecule has 0 radical (unpaired) electrons. The van der Waals surface area contributed by atoms with Crippen LogP contribution in [-0.4, -0.2) is 11.3 Å². The lowest BCUT2D eigenvalue weighted by molar-refractivity contribution is 0.518. The largest absolute Gasteiger partial charge is 0.231 e. The Bertz CT molecular complexity index is 104. The highest BCUT2D eigenvalue weighted by atomic mass is 32.1. The van der Waals surface area contributed by atoms with E-state index in [-0.39, 0.29) is 0 Å².